The molecule has 0 bridgehead atoms. The summed E-state index contributed by atoms with van der Waals surface area (Å²) < 4.78 is 5.92. The lowest BCUT2D eigenvalue weighted by Gasteiger charge is -2.24. The van der Waals surface area contributed by atoms with Gasteiger partial charge in [-0.05, 0) is 49.4 Å². The lowest BCUT2D eigenvalue weighted by Crippen LogP contribution is -2.34. The zero-order chi connectivity index (χ0) is 18.7. The fourth-order valence-electron chi connectivity index (χ4n) is 3.04. The van der Waals surface area contributed by atoms with Gasteiger partial charge in [0.2, 0.25) is 5.91 Å². The van der Waals surface area contributed by atoms with Gasteiger partial charge in [-0.1, -0.05) is 12.2 Å². The SMILES string of the molecule is CCOC(=O)c1cc2cc(NC(=O)[C@H]3CC=CC[C@@H]3C(=O)O)ccc2s1. The van der Waals surface area contributed by atoms with E-state index < -0.39 is 17.8 Å². The minimum Gasteiger partial charge on any atom is -0.481 e. The molecule has 1 aromatic carbocycles. The number of carbonyl (C=O) groups excluding carboxylic acids is 2. The molecule has 1 aliphatic rings. The number of hydrogen-bond donors (Lipinski definition) is 2. The maximum absolute atomic E-state index is 12.5. The smallest absolute Gasteiger partial charge is 0.348 e. The number of carboxylic acid groups (broad SMARTS) is 1. The van der Waals surface area contributed by atoms with Crippen molar-refractivity contribution in [2.45, 2.75) is 19.8 Å². The summed E-state index contributed by atoms with van der Waals surface area (Å²) in [6.45, 7) is 2.07. The van der Waals surface area contributed by atoms with Crippen molar-refractivity contribution in [1.29, 1.82) is 0 Å². The van der Waals surface area contributed by atoms with Crippen LogP contribution in [0.1, 0.15) is 29.4 Å². The molecule has 2 aromatic rings. The highest BCUT2D eigenvalue weighted by Gasteiger charge is 2.33. The number of fused-ring (bicyclic) bond motifs is 1. The van der Waals surface area contributed by atoms with Gasteiger partial charge in [0.05, 0.1) is 18.4 Å². The lowest BCUT2D eigenvalue weighted by molar-refractivity contribution is -0.146. The number of hydrogen-bond acceptors (Lipinski definition) is 5. The third-order valence-corrected chi connectivity index (χ3v) is 5.44. The van der Waals surface area contributed by atoms with Crippen molar-refractivity contribution in [2.75, 3.05) is 11.9 Å². The van der Waals surface area contributed by atoms with Crippen LogP contribution < -0.4 is 5.32 Å². The molecule has 1 aromatic heterocycles. The maximum atomic E-state index is 12.5. The monoisotopic (exact) mass is 373 g/mol. The molecule has 6 nitrogen and oxygen atoms in total. The Hall–Kier alpha value is -2.67. The number of carboxylic acids is 1. The summed E-state index contributed by atoms with van der Waals surface area (Å²) in [6, 6.07) is 7.09. The molecule has 2 N–H and O–H groups in total. The first-order chi connectivity index (χ1) is 12.5. The van der Waals surface area contributed by atoms with E-state index in [1.54, 1.807) is 31.2 Å². The third-order valence-electron chi connectivity index (χ3n) is 4.35. The first-order valence-electron chi connectivity index (χ1n) is 8.39. The van der Waals surface area contributed by atoms with Gasteiger partial charge < -0.3 is 15.2 Å². The summed E-state index contributed by atoms with van der Waals surface area (Å²) in [4.78, 5) is 36.2. The van der Waals surface area contributed by atoms with Crippen molar-refractivity contribution in [1.82, 2.24) is 0 Å². The number of benzene rings is 1. The average Bonchev–Trinajstić information content (AvgIpc) is 3.05. The van der Waals surface area contributed by atoms with E-state index in [9.17, 15) is 19.5 Å². The number of carbonyl (C=O) groups is 3. The Kier molecular flexibility index (Phi) is 5.37. The van der Waals surface area contributed by atoms with Crippen LogP contribution in [0.5, 0.6) is 0 Å². The van der Waals surface area contributed by atoms with Crippen LogP contribution in [0.4, 0.5) is 5.69 Å². The van der Waals surface area contributed by atoms with Crippen LogP contribution in [0.15, 0.2) is 36.4 Å². The normalized spacial score (nSPS) is 19.3. The number of ether oxygens (including phenoxy) is 1. The molecule has 0 radical (unpaired) electrons. The van der Waals surface area contributed by atoms with Crippen LogP contribution in [0.2, 0.25) is 0 Å². The number of nitrogens with one attached hydrogen (secondary N) is 1. The van der Waals surface area contributed by atoms with E-state index in [0.29, 0.717) is 30.0 Å². The molecule has 0 saturated carbocycles. The predicted octanol–water partition coefficient (Wildman–Crippen LogP) is 3.68. The minimum absolute atomic E-state index is 0.304. The zero-order valence-electron chi connectivity index (χ0n) is 14.2. The van der Waals surface area contributed by atoms with Gasteiger partial charge in [-0.2, -0.15) is 0 Å². The van der Waals surface area contributed by atoms with Gasteiger partial charge in [0.25, 0.3) is 0 Å². The number of rotatable bonds is 5. The number of anilines is 1. The summed E-state index contributed by atoms with van der Waals surface area (Å²) in [7, 11) is 0. The van der Waals surface area contributed by atoms with E-state index in [2.05, 4.69) is 5.32 Å². The van der Waals surface area contributed by atoms with E-state index >= 15 is 0 Å². The second-order valence-electron chi connectivity index (χ2n) is 6.07. The summed E-state index contributed by atoms with van der Waals surface area (Å²) in [5.74, 6) is -2.92. The zero-order valence-corrected chi connectivity index (χ0v) is 15.0. The Bertz CT molecular complexity index is 885. The molecule has 1 aliphatic carbocycles. The number of esters is 1. The molecule has 2 atom stereocenters. The van der Waals surface area contributed by atoms with Crippen LogP contribution in [-0.4, -0.2) is 29.6 Å². The molecule has 1 heterocycles. The molecule has 1 amide bonds. The summed E-state index contributed by atoms with van der Waals surface area (Å²) >= 11 is 1.33. The van der Waals surface area contributed by atoms with Crippen molar-refractivity contribution < 1.29 is 24.2 Å². The first kappa shape index (κ1) is 18.1. The van der Waals surface area contributed by atoms with Crippen molar-refractivity contribution in [3.63, 3.8) is 0 Å². The number of allylic oxidation sites excluding steroid dienone is 2. The topological polar surface area (TPSA) is 92.7 Å². The molecule has 0 spiro atoms. The van der Waals surface area contributed by atoms with Crippen LogP contribution in [0, 0.1) is 11.8 Å². The Morgan fingerprint density at radius 1 is 1.19 bits per heavy atom. The Morgan fingerprint density at radius 3 is 2.62 bits per heavy atom. The van der Waals surface area contributed by atoms with Gasteiger partial charge in [0, 0.05) is 10.4 Å². The van der Waals surface area contributed by atoms with Crippen LogP contribution >= 0.6 is 11.3 Å². The van der Waals surface area contributed by atoms with Gasteiger partial charge in [-0.15, -0.1) is 11.3 Å². The molecule has 0 unspecified atom stereocenters. The Balaban J connectivity index is 1.78. The van der Waals surface area contributed by atoms with E-state index in [-0.39, 0.29) is 11.9 Å². The van der Waals surface area contributed by atoms with Crippen molar-refractivity contribution >= 4 is 45.0 Å². The van der Waals surface area contributed by atoms with Crippen LogP contribution in [-0.2, 0) is 14.3 Å². The Morgan fingerprint density at radius 2 is 1.92 bits per heavy atom. The second-order valence-corrected chi connectivity index (χ2v) is 7.15. The summed E-state index contributed by atoms with van der Waals surface area (Å²) in [5, 5.41) is 12.9. The molecular weight excluding hydrogens is 354 g/mol. The predicted molar refractivity (Wildman–Crippen MR) is 99.4 cm³/mol. The van der Waals surface area contributed by atoms with E-state index in [4.69, 9.17) is 4.74 Å². The van der Waals surface area contributed by atoms with E-state index in [0.717, 1.165) is 10.1 Å². The molecule has 0 fully saturated rings. The third kappa shape index (κ3) is 3.77. The standard InChI is InChI=1S/C19H19NO5S/c1-2-25-19(24)16-10-11-9-12(7-8-15(11)26-16)20-17(21)13-5-3-4-6-14(13)18(22)23/h3-4,7-10,13-14H,2,5-6H2,1H3,(H,20,21)(H,22,23)/t13-,14-/m0/s1. The largest absolute Gasteiger partial charge is 0.481 e. The fraction of sp³-hybridized carbons (Fsp3) is 0.316. The van der Waals surface area contributed by atoms with Crippen molar-refractivity contribution in [3.8, 4) is 0 Å². The van der Waals surface area contributed by atoms with E-state index in [1.807, 2.05) is 12.1 Å². The second kappa shape index (κ2) is 7.70. The first-order valence-corrected chi connectivity index (χ1v) is 9.20. The highest BCUT2D eigenvalue weighted by atomic mass is 32.1. The fourth-order valence-corrected chi connectivity index (χ4v) is 3.97. The number of aliphatic carboxylic acids is 1. The number of thiophene rings is 1. The van der Waals surface area contributed by atoms with Gasteiger partial charge in [-0.25, -0.2) is 4.79 Å². The van der Waals surface area contributed by atoms with Gasteiger partial charge >= 0.3 is 11.9 Å². The highest BCUT2D eigenvalue weighted by molar-refractivity contribution is 7.20. The lowest BCUT2D eigenvalue weighted by atomic mass is 9.82. The Labute approximate surface area is 154 Å². The van der Waals surface area contributed by atoms with Gasteiger partial charge in [0.15, 0.2) is 0 Å². The molecule has 0 saturated heterocycles. The highest BCUT2D eigenvalue weighted by Crippen LogP contribution is 2.30. The molecule has 7 heteroatoms. The molecular formula is C19H19NO5S. The number of amides is 1. The van der Waals surface area contributed by atoms with Crippen molar-refractivity contribution in [2.24, 2.45) is 11.8 Å². The minimum atomic E-state index is -0.957. The average molecular weight is 373 g/mol. The molecule has 26 heavy (non-hydrogen) atoms. The molecule has 3 rings (SSSR count). The summed E-state index contributed by atoms with van der Waals surface area (Å²) in [6.07, 6.45) is 4.42. The molecule has 136 valence electrons. The van der Waals surface area contributed by atoms with Gasteiger partial charge in [-0.3, -0.25) is 9.59 Å². The molecule has 0 aliphatic heterocycles. The van der Waals surface area contributed by atoms with Crippen LogP contribution in [0.3, 0.4) is 0 Å². The van der Waals surface area contributed by atoms with Crippen LogP contribution in [0.25, 0.3) is 10.1 Å². The summed E-state index contributed by atoms with van der Waals surface area (Å²) in [5.41, 5.74) is 0.578. The maximum Gasteiger partial charge on any atom is 0.348 e. The van der Waals surface area contributed by atoms with Gasteiger partial charge in [0.1, 0.15) is 4.88 Å². The quantitative estimate of drug-likeness (QED) is 0.616. The van der Waals surface area contributed by atoms with E-state index in [1.165, 1.54) is 11.3 Å². The van der Waals surface area contributed by atoms with Crippen molar-refractivity contribution in [3.05, 3.63) is 41.3 Å².